The molecule has 2 aromatic rings. The molecular weight excluding hydrogens is 503 g/mol. The second-order valence-electron chi connectivity index (χ2n) is 7.13. The van der Waals surface area contributed by atoms with Gasteiger partial charge in [0.2, 0.25) is 0 Å². The molecule has 0 fully saturated rings. The van der Waals surface area contributed by atoms with E-state index in [-0.39, 0.29) is 38.9 Å². The van der Waals surface area contributed by atoms with Crippen LogP contribution in [-0.4, -0.2) is 24.8 Å². The van der Waals surface area contributed by atoms with E-state index in [1.54, 1.807) is 20.8 Å². The molecule has 6 nitrogen and oxygen atoms in total. The number of thiophene rings is 1. The van der Waals surface area contributed by atoms with Crippen LogP contribution in [0.4, 0.5) is 8.78 Å². The molecule has 0 aliphatic heterocycles. The molecule has 0 saturated heterocycles. The van der Waals surface area contributed by atoms with E-state index < -0.39 is 29.7 Å². The van der Waals surface area contributed by atoms with Gasteiger partial charge in [0.15, 0.2) is 0 Å². The Hall–Kier alpha value is -1.37. The Labute approximate surface area is 185 Å². The Balaban J connectivity index is 2.71. The first-order valence-electron chi connectivity index (χ1n) is 8.98. The number of hydrogen-bond donors (Lipinski definition) is 0. The van der Waals surface area contributed by atoms with Gasteiger partial charge in [-0.2, -0.15) is 14.0 Å². The first-order chi connectivity index (χ1) is 13.8. The minimum absolute atomic E-state index is 0.0174. The molecule has 0 N–H and O–H groups in total. The predicted molar refractivity (Wildman–Crippen MR) is 114 cm³/mol. The third-order valence-corrected chi connectivity index (χ3v) is 8.35. The monoisotopic (exact) mass is 523 g/mol. The van der Waals surface area contributed by atoms with Crippen molar-refractivity contribution in [2.45, 2.75) is 45.9 Å². The molecule has 0 spiro atoms. The topological polar surface area (TPSA) is 85.6 Å². The van der Waals surface area contributed by atoms with Crippen LogP contribution in [0.5, 0.6) is 0 Å². The molecule has 1 aromatic heterocycles. The van der Waals surface area contributed by atoms with Crippen molar-refractivity contribution < 1.29 is 31.9 Å². The van der Waals surface area contributed by atoms with E-state index in [1.807, 2.05) is 6.07 Å². The van der Waals surface area contributed by atoms with Crippen molar-refractivity contribution in [1.29, 1.82) is 5.26 Å². The summed E-state index contributed by atoms with van der Waals surface area (Å²) in [5.41, 5.74) is -4.69. The molecule has 30 heavy (non-hydrogen) atoms. The molecule has 0 aliphatic rings. The Kier molecular flexibility index (Phi) is 7.48. The third-order valence-electron chi connectivity index (χ3n) is 3.70. The number of esters is 1. The highest BCUT2D eigenvalue weighted by molar-refractivity contribution is 9.10. The fourth-order valence-electron chi connectivity index (χ4n) is 2.57. The van der Waals surface area contributed by atoms with Crippen LogP contribution in [0.1, 0.15) is 55.4 Å². The molecule has 1 heterocycles. The third kappa shape index (κ3) is 4.76. The van der Waals surface area contributed by atoms with Gasteiger partial charge in [-0.3, -0.25) is 4.57 Å². The summed E-state index contributed by atoms with van der Waals surface area (Å²) in [5.74, 6) is -0.693. The second-order valence-corrected chi connectivity index (χ2v) is 11.0. The molecular formula is C19H21BrF2NO5PS. The largest absolute Gasteiger partial charge is 0.456 e. The number of halogens is 3. The van der Waals surface area contributed by atoms with Crippen molar-refractivity contribution in [3.05, 3.63) is 32.6 Å². The standard InChI is InChI=1S/C19H21BrF2NO5PS/c1-6-26-29(25,27-7-2)19(21,22)16-14(20)13-9-11(17(24)28-18(3,4)5)8-12(10-23)15(13)30-16/h8-9H,6-7H2,1-5H3. The predicted octanol–water partition coefficient (Wildman–Crippen LogP) is 6.81. The van der Waals surface area contributed by atoms with Crippen molar-refractivity contribution in [2.75, 3.05) is 13.2 Å². The van der Waals surface area contributed by atoms with E-state index in [9.17, 15) is 14.6 Å². The van der Waals surface area contributed by atoms with Crippen LogP contribution in [0.15, 0.2) is 16.6 Å². The van der Waals surface area contributed by atoms with E-state index in [0.29, 0.717) is 11.3 Å². The molecule has 1 aromatic carbocycles. The molecule has 0 bridgehead atoms. The molecule has 0 radical (unpaired) electrons. The first-order valence-corrected chi connectivity index (χ1v) is 12.1. The van der Waals surface area contributed by atoms with Gasteiger partial charge in [-0.25, -0.2) is 4.79 Å². The zero-order chi connectivity index (χ0) is 22.9. The fraction of sp³-hybridized carbons (Fsp3) is 0.474. The Morgan fingerprint density at radius 3 is 2.27 bits per heavy atom. The van der Waals surface area contributed by atoms with Crippen molar-refractivity contribution in [2.24, 2.45) is 0 Å². The average molecular weight is 524 g/mol. The molecule has 2 rings (SSSR count). The van der Waals surface area contributed by atoms with Crippen LogP contribution in [0.2, 0.25) is 0 Å². The van der Waals surface area contributed by atoms with Gasteiger partial charge in [0.25, 0.3) is 0 Å². The summed E-state index contributed by atoms with van der Waals surface area (Å²) in [6.45, 7) is 7.46. The lowest BCUT2D eigenvalue weighted by atomic mass is 10.1. The molecule has 11 heteroatoms. The van der Waals surface area contributed by atoms with Crippen molar-refractivity contribution in [1.82, 2.24) is 0 Å². The lowest BCUT2D eigenvalue weighted by Gasteiger charge is -2.25. The summed E-state index contributed by atoms with van der Waals surface area (Å²) >= 11 is 3.72. The maximum Gasteiger partial charge on any atom is 0.405 e. The van der Waals surface area contributed by atoms with E-state index in [1.165, 1.54) is 26.0 Å². The maximum absolute atomic E-state index is 15.3. The number of hydrogen-bond acceptors (Lipinski definition) is 7. The average Bonchev–Trinajstić information content (AvgIpc) is 2.97. The van der Waals surface area contributed by atoms with Crippen molar-refractivity contribution in [3.8, 4) is 6.07 Å². The summed E-state index contributed by atoms with van der Waals surface area (Å²) in [5, 5.41) is 9.71. The highest BCUT2D eigenvalue weighted by atomic mass is 79.9. The number of rotatable bonds is 7. The summed E-state index contributed by atoms with van der Waals surface area (Å²) in [4.78, 5) is 11.8. The summed E-state index contributed by atoms with van der Waals surface area (Å²) in [6.07, 6.45) is 0. The maximum atomic E-state index is 15.3. The lowest BCUT2D eigenvalue weighted by molar-refractivity contribution is 0.00696. The number of fused-ring (bicyclic) bond motifs is 1. The molecule has 0 atom stereocenters. The van der Waals surface area contributed by atoms with Gasteiger partial charge in [-0.1, -0.05) is 0 Å². The number of ether oxygens (including phenoxy) is 1. The highest BCUT2D eigenvalue weighted by Gasteiger charge is 2.57. The van der Waals surface area contributed by atoms with Crippen LogP contribution in [-0.2, 0) is 24.0 Å². The lowest BCUT2D eigenvalue weighted by Crippen LogP contribution is -2.23. The number of nitriles is 1. The number of carbonyl (C=O) groups excluding carboxylic acids is 1. The normalized spacial score (nSPS) is 12.8. The molecule has 164 valence electrons. The summed E-state index contributed by atoms with van der Waals surface area (Å²) in [6, 6.07) is 4.56. The van der Waals surface area contributed by atoms with Gasteiger partial charge < -0.3 is 13.8 Å². The van der Waals surface area contributed by atoms with E-state index in [0.717, 1.165) is 0 Å². The van der Waals surface area contributed by atoms with E-state index in [2.05, 4.69) is 15.9 Å². The van der Waals surface area contributed by atoms with Crippen molar-refractivity contribution in [3.63, 3.8) is 0 Å². The highest BCUT2D eigenvalue weighted by Crippen LogP contribution is 2.69. The zero-order valence-electron chi connectivity index (χ0n) is 17.0. The van der Waals surface area contributed by atoms with Crippen LogP contribution >= 0.6 is 34.9 Å². The Bertz CT molecular complexity index is 1050. The Morgan fingerprint density at radius 1 is 1.23 bits per heavy atom. The number of alkyl halides is 2. The quantitative estimate of drug-likeness (QED) is 0.292. The van der Waals surface area contributed by atoms with Gasteiger partial charge in [0.1, 0.15) is 16.5 Å². The zero-order valence-corrected chi connectivity index (χ0v) is 20.3. The fourth-order valence-corrected chi connectivity index (χ4v) is 6.58. The van der Waals surface area contributed by atoms with Crippen LogP contribution in [0.25, 0.3) is 10.1 Å². The Morgan fingerprint density at radius 2 is 1.80 bits per heavy atom. The molecule has 0 aliphatic carbocycles. The summed E-state index contributed by atoms with van der Waals surface area (Å²) in [7, 11) is -4.84. The van der Waals surface area contributed by atoms with Gasteiger partial charge in [0, 0.05) is 9.86 Å². The van der Waals surface area contributed by atoms with Crippen molar-refractivity contribution >= 4 is 50.9 Å². The number of carbonyl (C=O) groups is 1. The summed E-state index contributed by atoms with van der Waals surface area (Å²) < 4.78 is 58.5. The van der Waals surface area contributed by atoms with Gasteiger partial charge in [0.05, 0.1) is 29.0 Å². The molecule has 0 saturated carbocycles. The first kappa shape index (κ1) is 24.9. The van der Waals surface area contributed by atoms with Gasteiger partial charge in [-0.05, 0) is 62.7 Å². The smallest absolute Gasteiger partial charge is 0.405 e. The number of nitrogens with zero attached hydrogens (tertiary/aromatic N) is 1. The SMILES string of the molecule is CCOP(=O)(OCC)C(F)(F)c1sc2c(C#N)cc(C(=O)OC(C)(C)C)cc2c1Br. The number of benzene rings is 1. The van der Waals surface area contributed by atoms with Gasteiger partial charge >= 0.3 is 19.2 Å². The minimum Gasteiger partial charge on any atom is -0.456 e. The van der Waals surface area contributed by atoms with E-state index in [4.69, 9.17) is 13.8 Å². The van der Waals surface area contributed by atoms with Gasteiger partial charge in [-0.15, -0.1) is 11.3 Å². The molecule has 0 unspecified atom stereocenters. The van der Waals surface area contributed by atoms with Crippen LogP contribution in [0.3, 0.4) is 0 Å². The second kappa shape index (κ2) is 9.01. The van der Waals surface area contributed by atoms with Crippen LogP contribution in [0, 0.1) is 11.3 Å². The van der Waals surface area contributed by atoms with E-state index >= 15 is 8.78 Å². The minimum atomic E-state index is -4.84. The molecule has 0 amide bonds. The van der Waals surface area contributed by atoms with Crippen LogP contribution < -0.4 is 0 Å².